The Morgan fingerprint density at radius 1 is 1.33 bits per heavy atom. The Morgan fingerprint density at radius 2 is 1.89 bits per heavy atom. The summed E-state index contributed by atoms with van der Waals surface area (Å²) >= 11 is 0. The van der Waals surface area contributed by atoms with Gasteiger partial charge in [-0.15, -0.1) is 0 Å². The summed E-state index contributed by atoms with van der Waals surface area (Å²) in [5.41, 5.74) is 2.14. The number of rotatable bonds is 6. The average Bonchev–Trinajstić information content (AvgIpc) is 2.26. The lowest BCUT2D eigenvalue weighted by molar-refractivity contribution is -0.138. The highest BCUT2D eigenvalue weighted by Crippen LogP contribution is 2.22. The van der Waals surface area contributed by atoms with Crippen molar-refractivity contribution in [2.45, 2.75) is 26.3 Å². The number of carboxylic acids is 1. The Hall–Kier alpha value is -1.55. The van der Waals surface area contributed by atoms with E-state index in [1.54, 1.807) is 0 Å². The number of aryl methyl sites for hydroxylation is 2. The fourth-order valence-electron chi connectivity index (χ4n) is 1.80. The van der Waals surface area contributed by atoms with E-state index in [4.69, 9.17) is 9.84 Å². The molecule has 0 bridgehead atoms. The van der Waals surface area contributed by atoms with Gasteiger partial charge in [-0.1, -0.05) is 18.2 Å². The third-order valence-corrected chi connectivity index (χ3v) is 2.97. The minimum absolute atomic E-state index is 0.0813. The summed E-state index contributed by atoms with van der Waals surface area (Å²) in [7, 11) is 3.73. The van der Waals surface area contributed by atoms with Crippen LogP contribution in [-0.4, -0.2) is 42.7 Å². The number of likely N-dealkylation sites (N-methyl/N-ethyl adjacent to an activating group) is 1. The molecular weight excluding hydrogens is 230 g/mol. The van der Waals surface area contributed by atoms with Gasteiger partial charge in [-0.05, 0) is 39.1 Å². The van der Waals surface area contributed by atoms with E-state index in [0.717, 1.165) is 16.9 Å². The molecule has 0 spiro atoms. The Morgan fingerprint density at radius 3 is 2.33 bits per heavy atom. The minimum Gasteiger partial charge on any atom is -0.491 e. The second-order valence-corrected chi connectivity index (χ2v) is 4.75. The first kappa shape index (κ1) is 14.5. The van der Waals surface area contributed by atoms with Crippen molar-refractivity contribution in [1.29, 1.82) is 0 Å². The molecule has 1 aromatic rings. The largest absolute Gasteiger partial charge is 0.491 e. The molecule has 0 amide bonds. The van der Waals surface area contributed by atoms with Crippen molar-refractivity contribution < 1.29 is 14.6 Å². The molecule has 18 heavy (non-hydrogen) atoms. The number of aliphatic carboxylic acids is 1. The van der Waals surface area contributed by atoms with Crippen LogP contribution in [0.15, 0.2) is 18.2 Å². The Bertz CT molecular complexity index is 395. The molecule has 0 fully saturated rings. The number of hydrogen-bond acceptors (Lipinski definition) is 3. The second-order valence-electron chi connectivity index (χ2n) is 4.75. The topological polar surface area (TPSA) is 49.8 Å². The first-order valence-electron chi connectivity index (χ1n) is 5.99. The van der Waals surface area contributed by atoms with Gasteiger partial charge in [0.1, 0.15) is 12.4 Å². The molecule has 0 radical (unpaired) electrons. The third kappa shape index (κ3) is 4.04. The van der Waals surface area contributed by atoms with Crippen LogP contribution >= 0.6 is 0 Å². The average molecular weight is 251 g/mol. The van der Waals surface area contributed by atoms with Gasteiger partial charge in [-0.2, -0.15) is 0 Å². The van der Waals surface area contributed by atoms with Crippen molar-refractivity contribution in [1.82, 2.24) is 4.90 Å². The SMILES string of the molecule is Cc1cccc(C)c1OCC(CC(=O)O)N(C)C. The highest BCUT2D eigenvalue weighted by Gasteiger charge is 2.17. The maximum Gasteiger partial charge on any atom is 0.305 e. The summed E-state index contributed by atoms with van der Waals surface area (Å²) < 4.78 is 5.79. The van der Waals surface area contributed by atoms with Crippen LogP contribution in [0.4, 0.5) is 0 Å². The fourth-order valence-corrected chi connectivity index (χ4v) is 1.80. The predicted molar refractivity (Wildman–Crippen MR) is 71.1 cm³/mol. The van der Waals surface area contributed by atoms with Crippen LogP contribution in [0.2, 0.25) is 0 Å². The highest BCUT2D eigenvalue weighted by atomic mass is 16.5. The van der Waals surface area contributed by atoms with Crippen molar-refractivity contribution in [3.63, 3.8) is 0 Å². The number of benzene rings is 1. The fraction of sp³-hybridized carbons (Fsp3) is 0.500. The highest BCUT2D eigenvalue weighted by molar-refractivity contribution is 5.67. The van der Waals surface area contributed by atoms with Gasteiger partial charge in [0.15, 0.2) is 0 Å². The zero-order valence-electron chi connectivity index (χ0n) is 11.4. The zero-order chi connectivity index (χ0) is 13.7. The lowest BCUT2D eigenvalue weighted by atomic mass is 10.1. The van der Waals surface area contributed by atoms with Crippen LogP contribution in [0.5, 0.6) is 5.75 Å². The number of carboxylic acid groups (broad SMARTS) is 1. The Labute approximate surface area is 108 Å². The quantitative estimate of drug-likeness (QED) is 0.841. The van der Waals surface area contributed by atoms with Gasteiger partial charge in [0.2, 0.25) is 0 Å². The van der Waals surface area contributed by atoms with Crippen LogP contribution in [0.1, 0.15) is 17.5 Å². The van der Waals surface area contributed by atoms with E-state index >= 15 is 0 Å². The van der Waals surface area contributed by atoms with Crippen LogP contribution in [0.25, 0.3) is 0 Å². The molecule has 0 saturated heterocycles. The molecule has 1 atom stereocenters. The molecule has 0 aliphatic heterocycles. The second kappa shape index (κ2) is 6.40. The van der Waals surface area contributed by atoms with E-state index in [1.807, 2.05) is 51.0 Å². The molecule has 4 heteroatoms. The zero-order valence-corrected chi connectivity index (χ0v) is 11.4. The number of para-hydroxylation sites is 1. The van der Waals surface area contributed by atoms with Gasteiger partial charge in [-0.3, -0.25) is 4.79 Å². The number of ether oxygens (including phenoxy) is 1. The summed E-state index contributed by atoms with van der Waals surface area (Å²) in [6, 6.07) is 5.84. The number of nitrogens with zero attached hydrogens (tertiary/aromatic N) is 1. The van der Waals surface area contributed by atoms with Gasteiger partial charge in [0, 0.05) is 0 Å². The van der Waals surface area contributed by atoms with Crippen LogP contribution < -0.4 is 4.74 Å². The molecular formula is C14H21NO3. The van der Waals surface area contributed by atoms with Gasteiger partial charge in [-0.25, -0.2) is 0 Å². The summed E-state index contributed by atoms with van der Waals surface area (Å²) in [5, 5.41) is 8.86. The minimum atomic E-state index is -0.807. The third-order valence-electron chi connectivity index (χ3n) is 2.97. The van der Waals surface area contributed by atoms with Crippen LogP contribution in [0, 0.1) is 13.8 Å². The van der Waals surface area contributed by atoms with Gasteiger partial charge in [0.25, 0.3) is 0 Å². The predicted octanol–water partition coefficient (Wildman–Crippen LogP) is 2.09. The molecule has 0 aliphatic rings. The van der Waals surface area contributed by atoms with Gasteiger partial charge >= 0.3 is 5.97 Å². The molecule has 1 aromatic carbocycles. The maximum absolute atomic E-state index is 10.8. The summed E-state index contributed by atoms with van der Waals surface area (Å²) in [5.74, 6) is 0.0496. The summed E-state index contributed by atoms with van der Waals surface area (Å²) in [6.07, 6.45) is 0.0813. The molecule has 0 aromatic heterocycles. The molecule has 0 aliphatic carbocycles. The normalized spacial score (nSPS) is 12.5. The van der Waals surface area contributed by atoms with Crippen LogP contribution in [0.3, 0.4) is 0 Å². The first-order valence-corrected chi connectivity index (χ1v) is 5.99. The van der Waals surface area contributed by atoms with E-state index in [1.165, 1.54) is 0 Å². The Kier molecular flexibility index (Phi) is 5.16. The molecule has 1 rings (SSSR count). The smallest absolute Gasteiger partial charge is 0.305 e. The van der Waals surface area contributed by atoms with Crippen molar-refractivity contribution in [3.05, 3.63) is 29.3 Å². The molecule has 1 N–H and O–H groups in total. The number of carbonyl (C=O) groups is 1. The van der Waals surface area contributed by atoms with E-state index in [-0.39, 0.29) is 12.5 Å². The van der Waals surface area contributed by atoms with Gasteiger partial charge < -0.3 is 14.7 Å². The van der Waals surface area contributed by atoms with E-state index in [0.29, 0.717) is 6.61 Å². The first-order chi connectivity index (χ1) is 8.41. The van der Waals surface area contributed by atoms with E-state index in [2.05, 4.69) is 0 Å². The monoisotopic (exact) mass is 251 g/mol. The lowest BCUT2D eigenvalue weighted by Gasteiger charge is -2.23. The van der Waals surface area contributed by atoms with Crippen LogP contribution in [-0.2, 0) is 4.79 Å². The number of hydrogen-bond donors (Lipinski definition) is 1. The summed E-state index contributed by atoms with van der Waals surface area (Å²) in [6.45, 7) is 4.36. The molecule has 1 unspecified atom stereocenters. The van der Waals surface area contributed by atoms with Crippen molar-refractivity contribution >= 4 is 5.97 Å². The lowest BCUT2D eigenvalue weighted by Crippen LogP contribution is -2.35. The molecule has 0 saturated carbocycles. The molecule has 100 valence electrons. The van der Waals surface area contributed by atoms with Crippen molar-refractivity contribution in [2.24, 2.45) is 0 Å². The van der Waals surface area contributed by atoms with Gasteiger partial charge in [0.05, 0.1) is 12.5 Å². The Balaban J connectivity index is 2.70. The van der Waals surface area contributed by atoms with Crippen molar-refractivity contribution in [2.75, 3.05) is 20.7 Å². The summed E-state index contributed by atoms with van der Waals surface area (Å²) in [4.78, 5) is 12.7. The van der Waals surface area contributed by atoms with Crippen molar-refractivity contribution in [3.8, 4) is 5.75 Å². The standard InChI is InChI=1S/C14H21NO3/c1-10-6-5-7-11(2)14(10)18-9-12(15(3)4)8-13(16)17/h5-7,12H,8-9H2,1-4H3,(H,16,17). The van der Waals surface area contributed by atoms with E-state index in [9.17, 15) is 4.79 Å². The maximum atomic E-state index is 10.8. The molecule has 0 heterocycles. The van der Waals surface area contributed by atoms with E-state index < -0.39 is 5.97 Å². The molecule has 4 nitrogen and oxygen atoms in total.